The summed E-state index contributed by atoms with van der Waals surface area (Å²) in [5.41, 5.74) is 3.30. The van der Waals surface area contributed by atoms with Crippen molar-refractivity contribution in [1.82, 2.24) is 0 Å². The SMILES string of the molecule is C=C(COCc1ccccc1)COCc1ccccc1. The Bertz CT molecular complexity index is 458. The molecule has 0 N–H and O–H groups in total. The zero-order valence-electron chi connectivity index (χ0n) is 11.6. The average Bonchev–Trinajstić information content (AvgIpc) is 2.49. The van der Waals surface area contributed by atoms with E-state index in [-0.39, 0.29) is 0 Å². The first-order valence-electron chi connectivity index (χ1n) is 6.74. The van der Waals surface area contributed by atoms with Gasteiger partial charge in [0, 0.05) is 0 Å². The van der Waals surface area contributed by atoms with E-state index in [0.29, 0.717) is 26.4 Å². The maximum Gasteiger partial charge on any atom is 0.0721 e. The van der Waals surface area contributed by atoms with Crippen LogP contribution in [-0.2, 0) is 22.7 Å². The van der Waals surface area contributed by atoms with Gasteiger partial charge in [0.25, 0.3) is 0 Å². The maximum atomic E-state index is 5.60. The molecule has 0 atom stereocenters. The molecule has 0 unspecified atom stereocenters. The van der Waals surface area contributed by atoms with Crippen molar-refractivity contribution in [2.24, 2.45) is 0 Å². The van der Waals surface area contributed by atoms with Gasteiger partial charge < -0.3 is 9.47 Å². The molecule has 0 saturated heterocycles. The van der Waals surface area contributed by atoms with E-state index in [1.54, 1.807) is 0 Å². The fraction of sp³-hybridized carbons (Fsp3) is 0.222. The van der Waals surface area contributed by atoms with Crippen LogP contribution in [0.1, 0.15) is 11.1 Å². The molecular weight excluding hydrogens is 248 g/mol. The smallest absolute Gasteiger partial charge is 0.0721 e. The number of rotatable bonds is 8. The van der Waals surface area contributed by atoms with Crippen molar-refractivity contribution in [3.8, 4) is 0 Å². The topological polar surface area (TPSA) is 18.5 Å². The van der Waals surface area contributed by atoms with Gasteiger partial charge >= 0.3 is 0 Å². The molecule has 20 heavy (non-hydrogen) atoms. The Morgan fingerprint density at radius 1 is 0.700 bits per heavy atom. The summed E-state index contributed by atoms with van der Waals surface area (Å²) >= 11 is 0. The molecule has 0 amide bonds. The van der Waals surface area contributed by atoms with Crippen molar-refractivity contribution < 1.29 is 9.47 Å². The number of hydrogen-bond donors (Lipinski definition) is 0. The lowest BCUT2D eigenvalue weighted by molar-refractivity contribution is 0.105. The van der Waals surface area contributed by atoms with Gasteiger partial charge in [-0.2, -0.15) is 0 Å². The first-order valence-corrected chi connectivity index (χ1v) is 6.74. The highest BCUT2D eigenvalue weighted by molar-refractivity contribution is 5.14. The Labute approximate surface area is 120 Å². The summed E-state index contributed by atoms with van der Waals surface area (Å²) in [5.74, 6) is 0. The minimum absolute atomic E-state index is 0.531. The Morgan fingerprint density at radius 3 is 1.50 bits per heavy atom. The summed E-state index contributed by atoms with van der Waals surface area (Å²) in [5, 5.41) is 0. The van der Waals surface area contributed by atoms with Crippen molar-refractivity contribution in [1.29, 1.82) is 0 Å². The summed E-state index contributed by atoms with van der Waals surface area (Å²) in [6.07, 6.45) is 0. The summed E-state index contributed by atoms with van der Waals surface area (Å²) in [6, 6.07) is 20.2. The minimum Gasteiger partial charge on any atom is -0.372 e. The largest absolute Gasteiger partial charge is 0.372 e. The van der Waals surface area contributed by atoms with E-state index < -0.39 is 0 Å². The van der Waals surface area contributed by atoms with Crippen molar-refractivity contribution in [2.75, 3.05) is 13.2 Å². The van der Waals surface area contributed by atoms with Crippen LogP contribution in [0.5, 0.6) is 0 Å². The third-order valence-corrected chi connectivity index (χ3v) is 2.84. The van der Waals surface area contributed by atoms with Gasteiger partial charge in [0.2, 0.25) is 0 Å². The molecule has 0 heterocycles. The second-order valence-electron chi connectivity index (χ2n) is 4.71. The second-order valence-corrected chi connectivity index (χ2v) is 4.71. The fourth-order valence-electron chi connectivity index (χ4n) is 1.82. The quantitative estimate of drug-likeness (QED) is 0.674. The molecule has 0 aromatic heterocycles. The highest BCUT2D eigenvalue weighted by Crippen LogP contribution is 2.04. The molecule has 0 radical (unpaired) electrons. The Morgan fingerprint density at radius 2 is 1.10 bits per heavy atom. The molecule has 0 aliphatic rings. The van der Waals surface area contributed by atoms with Gasteiger partial charge in [-0.05, 0) is 16.7 Å². The molecule has 104 valence electrons. The van der Waals surface area contributed by atoms with Gasteiger partial charge in [-0.1, -0.05) is 67.2 Å². The zero-order valence-corrected chi connectivity index (χ0v) is 11.6. The number of ether oxygens (including phenoxy) is 2. The molecule has 0 spiro atoms. The second kappa shape index (κ2) is 8.31. The van der Waals surface area contributed by atoms with Crippen LogP contribution in [0.15, 0.2) is 72.8 Å². The van der Waals surface area contributed by atoms with Crippen LogP contribution in [0.2, 0.25) is 0 Å². The maximum absolute atomic E-state index is 5.60. The normalized spacial score (nSPS) is 10.4. The van der Waals surface area contributed by atoms with Crippen molar-refractivity contribution in [2.45, 2.75) is 13.2 Å². The lowest BCUT2D eigenvalue weighted by atomic mass is 10.2. The van der Waals surface area contributed by atoms with E-state index in [4.69, 9.17) is 9.47 Å². The third kappa shape index (κ3) is 5.39. The molecule has 0 bridgehead atoms. The first-order chi connectivity index (χ1) is 9.84. The van der Waals surface area contributed by atoms with E-state index in [9.17, 15) is 0 Å². The lowest BCUT2D eigenvalue weighted by Crippen LogP contribution is -2.04. The number of benzene rings is 2. The molecule has 0 saturated carbocycles. The van der Waals surface area contributed by atoms with Crippen molar-refractivity contribution in [3.05, 3.63) is 83.9 Å². The highest BCUT2D eigenvalue weighted by atomic mass is 16.5. The molecule has 2 heteroatoms. The molecule has 0 aliphatic heterocycles. The molecular formula is C18H20O2. The first kappa shape index (κ1) is 14.5. The average molecular weight is 268 g/mol. The monoisotopic (exact) mass is 268 g/mol. The zero-order chi connectivity index (χ0) is 14.0. The van der Waals surface area contributed by atoms with Gasteiger partial charge in [-0.3, -0.25) is 0 Å². The lowest BCUT2D eigenvalue weighted by Gasteiger charge is -2.08. The van der Waals surface area contributed by atoms with Crippen LogP contribution in [0.3, 0.4) is 0 Å². The number of hydrogen-bond acceptors (Lipinski definition) is 2. The van der Waals surface area contributed by atoms with Crippen molar-refractivity contribution in [3.63, 3.8) is 0 Å². The molecule has 0 aliphatic carbocycles. The molecule has 2 rings (SSSR count). The molecule has 2 aromatic carbocycles. The molecule has 0 fully saturated rings. The standard InChI is InChI=1S/C18H20O2/c1-16(12-19-14-17-8-4-2-5-9-17)13-20-15-18-10-6-3-7-11-18/h2-11H,1,12-15H2. The van der Waals surface area contributed by atoms with E-state index >= 15 is 0 Å². The van der Waals surface area contributed by atoms with Crippen molar-refractivity contribution >= 4 is 0 Å². The Balaban J connectivity index is 1.59. The van der Waals surface area contributed by atoms with Crippen LogP contribution in [0.4, 0.5) is 0 Å². The van der Waals surface area contributed by atoms with Crippen LogP contribution < -0.4 is 0 Å². The molecule has 2 aromatic rings. The summed E-state index contributed by atoms with van der Waals surface area (Å²) < 4.78 is 11.2. The van der Waals surface area contributed by atoms with Gasteiger partial charge in [-0.15, -0.1) is 0 Å². The van der Waals surface area contributed by atoms with E-state index in [1.165, 1.54) is 11.1 Å². The van der Waals surface area contributed by atoms with E-state index in [2.05, 4.69) is 30.8 Å². The molecule has 2 nitrogen and oxygen atoms in total. The summed E-state index contributed by atoms with van der Waals surface area (Å²) in [7, 11) is 0. The van der Waals surface area contributed by atoms with Crippen LogP contribution in [-0.4, -0.2) is 13.2 Å². The minimum atomic E-state index is 0.531. The predicted octanol–water partition coefficient (Wildman–Crippen LogP) is 3.98. The van der Waals surface area contributed by atoms with E-state index in [1.807, 2.05) is 36.4 Å². The highest BCUT2D eigenvalue weighted by Gasteiger charge is 1.98. The predicted molar refractivity (Wildman–Crippen MR) is 81.3 cm³/mol. The Hall–Kier alpha value is -1.90. The van der Waals surface area contributed by atoms with E-state index in [0.717, 1.165) is 5.57 Å². The summed E-state index contributed by atoms with van der Waals surface area (Å²) in [6.45, 7) is 6.25. The Kier molecular flexibility index (Phi) is 6.03. The van der Waals surface area contributed by atoms with Gasteiger partial charge in [-0.25, -0.2) is 0 Å². The fourth-order valence-corrected chi connectivity index (χ4v) is 1.82. The third-order valence-electron chi connectivity index (χ3n) is 2.84. The van der Waals surface area contributed by atoms with Gasteiger partial charge in [0.15, 0.2) is 0 Å². The summed E-state index contributed by atoms with van der Waals surface area (Å²) in [4.78, 5) is 0. The van der Waals surface area contributed by atoms with Crippen LogP contribution >= 0.6 is 0 Å². The van der Waals surface area contributed by atoms with Gasteiger partial charge in [0.05, 0.1) is 26.4 Å². The van der Waals surface area contributed by atoms with Gasteiger partial charge in [0.1, 0.15) is 0 Å². The van der Waals surface area contributed by atoms with Crippen LogP contribution in [0.25, 0.3) is 0 Å². The van der Waals surface area contributed by atoms with Crippen LogP contribution in [0, 0.1) is 0 Å².